The fourth-order valence-corrected chi connectivity index (χ4v) is 3.16. The molecule has 3 rings (SSSR count). The molecule has 2 aromatic rings. The molecule has 0 spiro atoms. The molecule has 1 atom stereocenters. The second-order valence-corrected chi connectivity index (χ2v) is 7.36. The van der Waals surface area contributed by atoms with Gasteiger partial charge in [-0.05, 0) is 49.6 Å². The Morgan fingerprint density at radius 3 is 2.64 bits per heavy atom. The first-order chi connectivity index (χ1) is 12.1. The molecule has 1 aliphatic heterocycles. The van der Waals surface area contributed by atoms with Crippen LogP contribution < -0.4 is 5.32 Å². The van der Waals surface area contributed by atoms with Crippen molar-refractivity contribution in [2.75, 3.05) is 18.4 Å². The number of piperidine rings is 1. The molecule has 0 aliphatic carbocycles. The van der Waals surface area contributed by atoms with Crippen LogP contribution in [-0.2, 0) is 11.3 Å². The Kier molecular flexibility index (Phi) is 6.10. The third kappa shape index (κ3) is 5.31. The molecule has 0 bridgehead atoms. The van der Waals surface area contributed by atoms with Crippen molar-refractivity contribution in [2.45, 2.75) is 32.5 Å². The number of anilines is 1. The Labute approximate surface area is 157 Å². The molecule has 0 aromatic heterocycles. The number of rotatable bonds is 4. The fourth-order valence-electron chi connectivity index (χ4n) is 2.89. The second-order valence-electron chi connectivity index (χ2n) is 6.44. The lowest BCUT2D eigenvalue weighted by atomic mass is 10.1. The van der Waals surface area contributed by atoms with Crippen LogP contribution in [0.4, 0.5) is 10.5 Å². The topological polar surface area (TPSA) is 41.6 Å². The Morgan fingerprint density at radius 2 is 1.92 bits per heavy atom. The molecule has 1 aliphatic rings. The molecule has 0 unspecified atom stereocenters. The molecule has 132 valence electrons. The highest BCUT2D eigenvalue weighted by atomic mass is 79.9. The number of nitrogens with one attached hydrogen (secondary N) is 1. The summed E-state index contributed by atoms with van der Waals surface area (Å²) in [6.45, 7) is 4.01. The lowest BCUT2D eigenvalue weighted by Crippen LogP contribution is -2.45. The SMILES string of the molecule is Cc1ccc(NC(=O)N2CCC[C@H](OCc3ccc(Br)cc3)C2)cc1. The largest absolute Gasteiger partial charge is 0.372 e. The number of halogens is 1. The van der Waals surface area contributed by atoms with Crippen LogP contribution in [-0.4, -0.2) is 30.1 Å². The molecule has 4 nitrogen and oxygen atoms in total. The maximum atomic E-state index is 12.5. The van der Waals surface area contributed by atoms with E-state index in [1.54, 1.807) is 0 Å². The van der Waals surface area contributed by atoms with Gasteiger partial charge in [0.1, 0.15) is 0 Å². The Balaban J connectivity index is 1.50. The summed E-state index contributed by atoms with van der Waals surface area (Å²) in [5.41, 5.74) is 3.15. The smallest absolute Gasteiger partial charge is 0.321 e. The van der Waals surface area contributed by atoms with Crippen LogP contribution in [0, 0.1) is 6.92 Å². The van der Waals surface area contributed by atoms with Gasteiger partial charge < -0.3 is 15.0 Å². The summed E-state index contributed by atoms with van der Waals surface area (Å²) in [4.78, 5) is 14.3. The number of nitrogens with zero attached hydrogens (tertiary/aromatic N) is 1. The van der Waals surface area contributed by atoms with Gasteiger partial charge in [0.05, 0.1) is 12.7 Å². The average Bonchev–Trinajstić information content (AvgIpc) is 2.63. The van der Waals surface area contributed by atoms with Crippen molar-refractivity contribution in [1.29, 1.82) is 0 Å². The van der Waals surface area contributed by atoms with E-state index in [0.29, 0.717) is 13.2 Å². The molecule has 1 saturated heterocycles. The standard InChI is InChI=1S/C20H23BrN2O2/c1-15-4-10-18(11-5-15)22-20(24)23-12-2-3-19(13-23)25-14-16-6-8-17(21)9-7-16/h4-11,19H,2-3,12-14H2,1H3,(H,22,24)/t19-/m0/s1. The van der Waals surface area contributed by atoms with Crippen molar-refractivity contribution in [1.82, 2.24) is 4.90 Å². The van der Waals surface area contributed by atoms with Gasteiger partial charge in [0.15, 0.2) is 0 Å². The summed E-state index contributed by atoms with van der Waals surface area (Å²) >= 11 is 3.44. The predicted octanol–water partition coefficient (Wildman–Crippen LogP) is 4.97. The van der Waals surface area contributed by atoms with Crippen LogP contribution in [0.15, 0.2) is 53.0 Å². The van der Waals surface area contributed by atoms with Gasteiger partial charge in [-0.15, -0.1) is 0 Å². The van der Waals surface area contributed by atoms with Crippen molar-refractivity contribution in [3.8, 4) is 0 Å². The van der Waals surface area contributed by atoms with Gasteiger partial charge in [0, 0.05) is 23.2 Å². The van der Waals surface area contributed by atoms with Crippen molar-refractivity contribution < 1.29 is 9.53 Å². The Bertz CT molecular complexity index is 701. The zero-order chi connectivity index (χ0) is 17.6. The fraction of sp³-hybridized carbons (Fsp3) is 0.350. The number of hydrogen-bond donors (Lipinski definition) is 1. The predicted molar refractivity (Wildman–Crippen MR) is 104 cm³/mol. The number of amides is 2. The van der Waals surface area contributed by atoms with Gasteiger partial charge >= 0.3 is 6.03 Å². The van der Waals surface area contributed by atoms with Gasteiger partial charge in [0.2, 0.25) is 0 Å². The van der Waals surface area contributed by atoms with E-state index in [-0.39, 0.29) is 12.1 Å². The summed E-state index contributed by atoms with van der Waals surface area (Å²) in [7, 11) is 0. The minimum atomic E-state index is -0.0548. The zero-order valence-corrected chi connectivity index (χ0v) is 16.0. The summed E-state index contributed by atoms with van der Waals surface area (Å²) < 4.78 is 7.08. The highest BCUT2D eigenvalue weighted by Crippen LogP contribution is 2.18. The molecule has 2 aromatic carbocycles. The van der Waals surface area contributed by atoms with E-state index < -0.39 is 0 Å². The monoisotopic (exact) mass is 402 g/mol. The van der Waals surface area contributed by atoms with Crippen LogP contribution >= 0.6 is 15.9 Å². The van der Waals surface area contributed by atoms with Gasteiger partial charge in [-0.1, -0.05) is 45.8 Å². The van der Waals surface area contributed by atoms with Gasteiger partial charge in [-0.3, -0.25) is 0 Å². The lowest BCUT2D eigenvalue weighted by molar-refractivity contribution is 0.00101. The van der Waals surface area contributed by atoms with Crippen LogP contribution in [0.5, 0.6) is 0 Å². The molecule has 1 N–H and O–H groups in total. The molecular weight excluding hydrogens is 380 g/mol. The Hall–Kier alpha value is -1.85. The highest BCUT2D eigenvalue weighted by molar-refractivity contribution is 9.10. The number of ether oxygens (including phenoxy) is 1. The third-order valence-corrected chi connectivity index (χ3v) is 4.90. The van der Waals surface area contributed by atoms with E-state index in [1.807, 2.05) is 48.2 Å². The van der Waals surface area contributed by atoms with Crippen LogP contribution in [0.25, 0.3) is 0 Å². The number of likely N-dealkylation sites (tertiary alicyclic amines) is 1. The maximum absolute atomic E-state index is 12.5. The third-order valence-electron chi connectivity index (χ3n) is 4.37. The van der Waals surface area contributed by atoms with Gasteiger partial charge in [0.25, 0.3) is 0 Å². The first-order valence-electron chi connectivity index (χ1n) is 8.59. The van der Waals surface area contributed by atoms with E-state index in [2.05, 4.69) is 33.4 Å². The molecule has 2 amide bonds. The first kappa shape index (κ1) is 18.0. The van der Waals surface area contributed by atoms with Crippen LogP contribution in [0.1, 0.15) is 24.0 Å². The van der Waals surface area contributed by atoms with Crippen LogP contribution in [0.3, 0.4) is 0 Å². The number of benzene rings is 2. The highest BCUT2D eigenvalue weighted by Gasteiger charge is 2.24. The van der Waals surface area contributed by atoms with Crippen molar-refractivity contribution >= 4 is 27.6 Å². The van der Waals surface area contributed by atoms with Gasteiger partial charge in [-0.2, -0.15) is 0 Å². The van der Waals surface area contributed by atoms with E-state index in [9.17, 15) is 4.79 Å². The molecule has 25 heavy (non-hydrogen) atoms. The van der Waals surface area contributed by atoms with E-state index >= 15 is 0 Å². The number of hydrogen-bond acceptors (Lipinski definition) is 2. The minimum absolute atomic E-state index is 0.0548. The maximum Gasteiger partial charge on any atom is 0.321 e. The summed E-state index contributed by atoms with van der Waals surface area (Å²) in [6.07, 6.45) is 2.04. The molecular formula is C20H23BrN2O2. The normalized spacial score (nSPS) is 17.4. The van der Waals surface area contributed by atoms with Crippen molar-refractivity contribution in [3.63, 3.8) is 0 Å². The average molecular weight is 403 g/mol. The van der Waals surface area contributed by atoms with Gasteiger partial charge in [-0.25, -0.2) is 4.79 Å². The zero-order valence-electron chi connectivity index (χ0n) is 14.4. The Morgan fingerprint density at radius 1 is 1.20 bits per heavy atom. The minimum Gasteiger partial charge on any atom is -0.372 e. The van der Waals surface area contributed by atoms with E-state index in [4.69, 9.17) is 4.74 Å². The number of urea groups is 1. The molecule has 1 heterocycles. The lowest BCUT2D eigenvalue weighted by Gasteiger charge is -2.32. The van der Waals surface area contributed by atoms with E-state index in [1.165, 1.54) is 5.56 Å². The summed E-state index contributed by atoms with van der Waals surface area (Å²) in [6, 6.07) is 15.9. The second kappa shape index (κ2) is 8.50. The van der Waals surface area contributed by atoms with Crippen molar-refractivity contribution in [3.05, 3.63) is 64.1 Å². The number of aryl methyl sites for hydroxylation is 1. The molecule has 0 saturated carbocycles. The first-order valence-corrected chi connectivity index (χ1v) is 9.38. The summed E-state index contributed by atoms with van der Waals surface area (Å²) in [5.74, 6) is 0. The molecule has 5 heteroatoms. The number of carbonyl (C=O) groups is 1. The van der Waals surface area contributed by atoms with E-state index in [0.717, 1.165) is 35.1 Å². The number of carbonyl (C=O) groups excluding carboxylic acids is 1. The summed E-state index contributed by atoms with van der Waals surface area (Å²) in [5, 5.41) is 2.97. The van der Waals surface area contributed by atoms with Crippen LogP contribution in [0.2, 0.25) is 0 Å². The van der Waals surface area contributed by atoms with Crippen molar-refractivity contribution in [2.24, 2.45) is 0 Å². The quantitative estimate of drug-likeness (QED) is 0.783. The molecule has 1 fully saturated rings. The molecule has 0 radical (unpaired) electrons.